The summed E-state index contributed by atoms with van der Waals surface area (Å²) in [4.78, 5) is 2.34. The van der Waals surface area contributed by atoms with Crippen molar-refractivity contribution >= 4 is 0 Å². The van der Waals surface area contributed by atoms with Gasteiger partial charge >= 0.3 is 0 Å². The lowest BCUT2D eigenvalue weighted by Gasteiger charge is -2.33. The summed E-state index contributed by atoms with van der Waals surface area (Å²) in [6.07, 6.45) is 6.37. The van der Waals surface area contributed by atoms with Crippen LogP contribution in [0.2, 0.25) is 0 Å². The molecule has 2 rings (SSSR count). The number of ether oxygens (including phenoxy) is 1. The maximum atomic E-state index is 9.23. The van der Waals surface area contributed by atoms with Crippen molar-refractivity contribution in [2.75, 3.05) is 26.3 Å². The molecule has 0 spiro atoms. The van der Waals surface area contributed by atoms with Gasteiger partial charge in [0.1, 0.15) is 12.4 Å². The first-order valence-electron chi connectivity index (χ1n) is 7.81. The Balaban J connectivity index is 1.82. The first kappa shape index (κ1) is 15.8. The fourth-order valence-corrected chi connectivity index (χ4v) is 2.99. The van der Waals surface area contributed by atoms with Crippen LogP contribution >= 0.6 is 0 Å². The molecule has 1 aliphatic carbocycles. The molecule has 1 fully saturated rings. The van der Waals surface area contributed by atoms with E-state index in [1.807, 2.05) is 12.1 Å². The van der Waals surface area contributed by atoms with Crippen molar-refractivity contribution in [3.8, 4) is 11.8 Å². The third kappa shape index (κ3) is 5.04. The van der Waals surface area contributed by atoms with Crippen LogP contribution in [-0.2, 0) is 0 Å². The Kier molecular flexibility index (Phi) is 6.52. The molecule has 1 N–H and O–H groups in total. The molecule has 0 unspecified atom stereocenters. The van der Waals surface area contributed by atoms with E-state index in [9.17, 15) is 5.11 Å². The van der Waals surface area contributed by atoms with Gasteiger partial charge in [0.2, 0.25) is 0 Å². The number of hydrogen-bond acceptors (Lipinski definition) is 4. The summed E-state index contributed by atoms with van der Waals surface area (Å²) in [6, 6.07) is 9.94. The SMILES string of the molecule is N#Cc1cccc(OCCN(CCO)C2CCCCC2)c1. The molecule has 0 aliphatic heterocycles. The Hall–Kier alpha value is -1.57. The Morgan fingerprint density at radius 1 is 1.24 bits per heavy atom. The molecule has 21 heavy (non-hydrogen) atoms. The minimum absolute atomic E-state index is 0.195. The van der Waals surface area contributed by atoms with Crippen molar-refractivity contribution in [2.24, 2.45) is 0 Å². The van der Waals surface area contributed by atoms with Crippen LogP contribution in [0.1, 0.15) is 37.7 Å². The number of rotatable bonds is 7. The Labute approximate surface area is 127 Å². The van der Waals surface area contributed by atoms with Gasteiger partial charge in [-0.2, -0.15) is 5.26 Å². The normalized spacial score (nSPS) is 15.9. The largest absolute Gasteiger partial charge is 0.492 e. The average Bonchev–Trinajstić information content (AvgIpc) is 2.55. The van der Waals surface area contributed by atoms with Gasteiger partial charge in [0.25, 0.3) is 0 Å². The second-order valence-corrected chi connectivity index (χ2v) is 5.54. The fourth-order valence-electron chi connectivity index (χ4n) is 2.99. The van der Waals surface area contributed by atoms with E-state index in [4.69, 9.17) is 10.00 Å². The van der Waals surface area contributed by atoms with E-state index < -0.39 is 0 Å². The van der Waals surface area contributed by atoms with Crippen LogP contribution in [0.15, 0.2) is 24.3 Å². The van der Waals surface area contributed by atoms with E-state index in [1.165, 1.54) is 32.1 Å². The van der Waals surface area contributed by atoms with Gasteiger partial charge in [-0.05, 0) is 31.0 Å². The van der Waals surface area contributed by atoms with Gasteiger partial charge in [0.15, 0.2) is 0 Å². The molecule has 0 bridgehead atoms. The van der Waals surface area contributed by atoms with Crippen molar-refractivity contribution in [2.45, 2.75) is 38.1 Å². The van der Waals surface area contributed by atoms with Gasteiger partial charge in [0.05, 0.1) is 18.2 Å². The minimum atomic E-state index is 0.195. The van der Waals surface area contributed by atoms with E-state index in [-0.39, 0.29) is 6.61 Å². The molecule has 0 amide bonds. The monoisotopic (exact) mass is 288 g/mol. The number of aliphatic hydroxyl groups is 1. The average molecular weight is 288 g/mol. The second kappa shape index (κ2) is 8.66. The van der Waals surface area contributed by atoms with Crippen molar-refractivity contribution in [3.05, 3.63) is 29.8 Å². The predicted octanol–water partition coefficient (Wildman–Crippen LogP) is 2.56. The molecule has 1 aromatic carbocycles. The van der Waals surface area contributed by atoms with Crippen LogP contribution in [0.4, 0.5) is 0 Å². The molecule has 4 heteroatoms. The zero-order valence-electron chi connectivity index (χ0n) is 12.5. The summed E-state index contributed by atoms with van der Waals surface area (Å²) in [5, 5.41) is 18.1. The van der Waals surface area contributed by atoms with Gasteiger partial charge in [0, 0.05) is 19.1 Å². The number of aliphatic hydroxyl groups excluding tert-OH is 1. The van der Waals surface area contributed by atoms with Gasteiger partial charge in [-0.15, -0.1) is 0 Å². The maximum absolute atomic E-state index is 9.23. The Morgan fingerprint density at radius 3 is 2.76 bits per heavy atom. The molecule has 4 nitrogen and oxygen atoms in total. The quantitative estimate of drug-likeness (QED) is 0.838. The summed E-state index contributed by atoms with van der Waals surface area (Å²) in [6.45, 7) is 2.32. The van der Waals surface area contributed by atoms with Crippen LogP contribution in [0, 0.1) is 11.3 Å². The van der Waals surface area contributed by atoms with Gasteiger partial charge in [-0.1, -0.05) is 25.3 Å². The van der Waals surface area contributed by atoms with Crippen molar-refractivity contribution in [1.29, 1.82) is 5.26 Å². The highest BCUT2D eigenvalue weighted by Crippen LogP contribution is 2.22. The molecule has 0 heterocycles. The zero-order chi connectivity index (χ0) is 14.9. The number of hydrogen-bond donors (Lipinski definition) is 1. The number of nitriles is 1. The predicted molar refractivity (Wildman–Crippen MR) is 82.2 cm³/mol. The van der Waals surface area contributed by atoms with Crippen LogP contribution in [0.25, 0.3) is 0 Å². The van der Waals surface area contributed by atoms with Crippen LogP contribution in [0.5, 0.6) is 5.75 Å². The topological polar surface area (TPSA) is 56.5 Å². The van der Waals surface area contributed by atoms with Gasteiger partial charge < -0.3 is 9.84 Å². The first-order chi connectivity index (χ1) is 10.3. The molecular weight excluding hydrogens is 264 g/mol. The highest BCUT2D eigenvalue weighted by molar-refractivity contribution is 5.36. The van der Waals surface area contributed by atoms with Crippen molar-refractivity contribution in [1.82, 2.24) is 4.90 Å². The zero-order valence-corrected chi connectivity index (χ0v) is 12.5. The highest BCUT2D eigenvalue weighted by atomic mass is 16.5. The number of nitrogens with zero attached hydrogens (tertiary/aromatic N) is 2. The summed E-state index contributed by atoms with van der Waals surface area (Å²) < 4.78 is 5.74. The number of benzene rings is 1. The minimum Gasteiger partial charge on any atom is -0.492 e. The smallest absolute Gasteiger partial charge is 0.120 e. The summed E-state index contributed by atoms with van der Waals surface area (Å²) in [5.41, 5.74) is 0.618. The molecule has 0 saturated heterocycles. The summed E-state index contributed by atoms with van der Waals surface area (Å²) in [5.74, 6) is 0.738. The van der Waals surface area contributed by atoms with E-state index in [2.05, 4.69) is 11.0 Å². The Morgan fingerprint density at radius 2 is 2.05 bits per heavy atom. The van der Waals surface area contributed by atoms with E-state index in [0.29, 0.717) is 24.8 Å². The fraction of sp³-hybridized carbons (Fsp3) is 0.588. The molecule has 1 saturated carbocycles. The van der Waals surface area contributed by atoms with E-state index in [1.54, 1.807) is 12.1 Å². The standard InChI is InChI=1S/C17H24N2O2/c18-14-15-5-4-8-17(13-15)21-12-10-19(9-11-20)16-6-2-1-3-7-16/h4-5,8,13,16,20H,1-3,6-7,9-12H2. The molecule has 0 atom stereocenters. The lowest BCUT2D eigenvalue weighted by Crippen LogP contribution is -2.41. The highest BCUT2D eigenvalue weighted by Gasteiger charge is 2.20. The Bertz CT molecular complexity index is 464. The third-order valence-corrected chi connectivity index (χ3v) is 4.09. The molecular formula is C17H24N2O2. The van der Waals surface area contributed by atoms with Crippen molar-refractivity contribution < 1.29 is 9.84 Å². The first-order valence-corrected chi connectivity index (χ1v) is 7.81. The molecule has 1 aromatic rings. The van der Waals surface area contributed by atoms with Crippen molar-refractivity contribution in [3.63, 3.8) is 0 Å². The summed E-state index contributed by atoms with van der Waals surface area (Å²) >= 11 is 0. The summed E-state index contributed by atoms with van der Waals surface area (Å²) in [7, 11) is 0. The molecule has 114 valence electrons. The molecule has 0 radical (unpaired) electrons. The van der Waals surface area contributed by atoms with Crippen LogP contribution < -0.4 is 4.74 Å². The van der Waals surface area contributed by atoms with E-state index >= 15 is 0 Å². The van der Waals surface area contributed by atoms with E-state index in [0.717, 1.165) is 12.3 Å². The third-order valence-electron chi connectivity index (χ3n) is 4.09. The maximum Gasteiger partial charge on any atom is 0.120 e. The second-order valence-electron chi connectivity index (χ2n) is 5.54. The van der Waals surface area contributed by atoms with Gasteiger partial charge in [-0.25, -0.2) is 0 Å². The van der Waals surface area contributed by atoms with Gasteiger partial charge in [-0.3, -0.25) is 4.90 Å². The molecule has 1 aliphatic rings. The van der Waals surface area contributed by atoms with Crippen LogP contribution in [-0.4, -0.2) is 42.4 Å². The lowest BCUT2D eigenvalue weighted by atomic mass is 9.94. The lowest BCUT2D eigenvalue weighted by molar-refractivity contribution is 0.106. The molecule has 0 aromatic heterocycles. The van der Waals surface area contributed by atoms with Crippen LogP contribution in [0.3, 0.4) is 0 Å².